The maximum atomic E-state index is 4.32. The van der Waals surface area contributed by atoms with Crippen LogP contribution in [0.1, 0.15) is 33.1 Å². The lowest BCUT2D eigenvalue weighted by molar-refractivity contribution is 0.377. The summed E-state index contributed by atoms with van der Waals surface area (Å²) >= 11 is 0. The summed E-state index contributed by atoms with van der Waals surface area (Å²) in [5, 5.41) is 3.67. The van der Waals surface area contributed by atoms with E-state index in [1.165, 1.54) is 19.3 Å². The molecule has 2 unspecified atom stereocenters. The average molecular weight is 234 g/mol. The standard InChI is InChI=1S/C13H22N4/c1-3-11(2)16-12-6-4-9-17(10-12)13-14-7-5-8-15-13/h5,7-8,11-12,16H,3-4,6,9-10H2,1-2H3. The first kappa shape index (κ1) is 12.3. The number of nitrogens with zero attached hydrogens (tertiary/aromatic N) is 3. The van der Waals surface area contributed by atoms with Crippen LogP contribution in [0.3, 0.4) is 0 Å². The fourth-order valence-corrected chi connectivity index (χ4v) is 2.27. The van der Waals surface area contributed by atoms with E-state index in [2.05, 4.69) is 34.0 Å². The van der Waals surface area contributed by atoms with Crippen LogP contribution in [0.2, 0.25) is 0 Å². The van der Waals surface area contributed by atoms with Crippen molar-refractivity contribution in [3.05, 3.63) is 18.5 Å². The maximum Gasteiger partial charge on any atom is 0.225 e. The van der Waals surface area contributed by atoms with Gasteiger partial charge in [0.1, 0.15) is 0 Å². The highest BCUT2D eigenvalue weighted by Crippen LogP contribution is 2.15. The van der Waals surface area contributed by atoms with Crippen LogP contribution in [0.5, 0.6) is 0 Å². The molecule has 2 rings (SSSR count). The molecular weight excluding hydrogens is 212 g/mol. The average Bonchev–Trinajstić information content (AvgIpc) is 2.40. The summed E-state index contributed by atoms with van der Waals surface area (Å²) in [6, 6.07) is 3.03. The molecule has 0 aromatic carbocycles. The molecule has 1 aromatic rings. The Morgan fingerprint density at radius 2 is 2.24 bits per heavy atom. The van der Waals surface area contributed by atoms with Crippen LogP contribution < -0.4 is 10.2 Å². The van der Waals surface area contributed by atoms with Crippen molar-refractivity contribution in [3.8, 4) is 0 Å². The van der Waals surface area contributed by atoms with Crippen molar-refractivity contribution in [3.63, 3.8) is 0 Å². The fourth-order valence-electron chi connectivity index (χ4n) is 2.27. The predicted octanol–water partition coefficient (Wildman–Crippen LogP) is 1.83. The molecule has 0 radical (unpaired) electrons. The summed E-state index contributed by atoms with van der Waals surface area (Å²) in [6.07, 6.45) is 7.28. The van der Waals surface area contributed by atoms with E-state index in [0.717, 1.165) is 19.0 Å². The van der Waals surface area contributed by atoms with Crippen molar-refractivity contribution in [2.24, 2.45) is 0 Å². The molecule has 0 saturated carbocycles. The molecule has 1 fully saturated rings. The van der Waals surface area contributed by atoms with Crippen molar-refractivity contribution in [1.29, 1.82) is 0 Å². The van der Waals surface area contributed by atoms with Crippen LogP contribution in [0.4, 0.5) is 5.95 Å². The molecule has 94 valence electrons. The van der Waals surface area contributed by atoms with Gasteiger partial charge in [0.2, 0.25) is 5.95 Å². The normalized spacial score (nSPS) is 22.5. The van der Waals surface area contributed by atoms with Gasteiger partial charge in [-0.3, -0.25) is 0 Å². The molecule has 0 aliphatic carbocycles. The zero-order valence-corrected chi connectivity index (χ0v) is 10.8. The van der Waals surface area contributed by atoms with Crippen LogP contribution in [-0.2, 0) is 0 Å². The van der Waals surface area contributed by atoms with Gasteiger partial charge in [-0.1, -0.05) is 6.92 Å². The topological polar surface area (TPSA) is 41.0 Å². The number of piperidine rings is 1. The first-order chi connectivity index (χ1) is 8.29. The molecule has 4 nitrogen and oxygen atoms in total. The number of hydrogen-bond donors (Lipinski definition) is 1. The smallest absolute Gasteiger partial charge is 0.225 e. The van der Waals surface area contributed by atoms with E-state index in [9.17, 15) is 0 Å². The molecule has 2 heterocycles. The highest BCUT2D eigenvalue weighted by Gasteiger charge is 2.21. The molecule has 1 aliphatic heterocycles. The number of hydrogen-bond acceptors (Lipinski definition) is 4. The highest BCUT2D eigenvalue weighted by molar-refractivity contribution is 5.29. The molecule has 17 heavy (non-hydrogen) atoms. The Morgan fingerprint density at radius 3 is 2.94 bits per heavy atom. The minimum atomic E-state index is 0.572. The summed E-state index contributed by atoms with van der Waals surface area (Å²) < 4.78 is 0. The van der Waals surface area contributed by atoms with Gasteiger partial charge in [0, 0.05) is 37.6 Å². The van der Waals surface area contributed by atoms with E-state index in [1.807, 2.05) is 18.5 Å². The fraction of sp³-hybridized carbons (Fsp3) is 0.692. The summed E-state index contributed by atoms with van der Waals surface area (Å²) in [7, 11) is 0. The van der Waals surface area contributed by atoms with Gasteiger partial charge in [-0.25, -0.2) is 9.97 Å². The van der Waals surface area contributed by atoms with E-state index >= 15 is 0 Å². The third kappa shape index (κ3) is 3.40. The Balaban J connectivity index is 1.93. The third-order valence-electron chi connectivity index (χ3n) is 3.39. The SMILES string of the molecule is CCC(C)NC1CCCN(c2ncccn2)C1. The monoisotopic (exact) mass is 234 g/mol. The van der Waals surface area contributed by atoms with E-state index in [1.54, 1.807) is 0 Å². The Bertz CT molecular complexity index is 327. The lowest BCUT2D eigenvalue weighted by Gasteiger charge is -2.34. The Morgan fingerprint density at radius 1 is 1.47 bits per heavy atom. The van der Waals surface area contributed by atoms with Gasteiger partial charge in [-0.15, -0.1) is 0 Å². The molecule has 2 atom stereocenters. The van der Waals surface area contributed by atoms with Crippen molar-refractivity contribution in [2.75, 3.05) is 18.0 Å². The molecule has 1 aromatic heterocycles. The number of anilines is 1. The number of rotatable bonds is 4. The first-order valence-corrected chi connectivity index (χ1v) is 6.57. The second kappa shape index (κ2) is 5.96. The Hall–Kier alpha value is -1.16. The molecule has 0 spiro atoms. The highest BCUT2D eigenvalue weighted by atomic mass is 15.3. The van der Waals surface area contributed by atoms with E-state index < -0.39 is 0 Å². The van der Waals surface area contributed by atoms with Crippen LogP contribution in [0, 0.1) is 0 Å². The van der Waals surface area contributed by atoms with Gasteiger partial charge in [0.05, 0.1) is 0 Å². The van der Waals surface area contributed by atoms with Crippen LogP contribution in [0.15, 0.2) is 18.5 Å². The van der Waals surface area contributed by atoms with Gasteiger partial charge in [0.25, 0.3) is 0 Å². The summed E-state index contributed by atoms with van der Waals surface area (Å²) in [6.45, 7) is 6.56. The van der Waals surface area contributed by atoms with Crippen molar-refractivity contribution >= 4 is 5.95 Å². The van der Waals surface area contributed by atoms with E-state index in [0.29, 0.717) is 12.1 Å². The third-order valence-corrected chi connectivity index (χ3v) is 3.39. The lowest BCUT2D eigenvalue weighted by Crippen LogP contribution is -2.48. The lowest BCUT2D eigenvalue weighted by atomic mass is 10.0. The van der Waals surface area contributed by atoms with Gasteiger partial charge >= 0.3 is 0 Å². The first-order valence-electron chi connectivity index (χ1n) is 6.57. The van der Waals surface area contributed by atoms with Gasteiger partial charge in [-0.2, -0.15) is 0 Å². The molecular formula is C13H22N4. The second-order valence-electron chi connectivity index (χ2n) is 4.81. The van der Waals surface area contributed by atoms with Crippen LogP contribution >= 0.6 is 0 Å². The zero-order chi connectivity index (χ0) is 12.1. The molecule has 0 amide bonds. The Labute approximate surface area is 103 Å². The van der Waals surface area contributed by atoms with Gasteiger partial charge < -0.3 is 10.2 Å². The molecule has 1 saturated heterocycles. The summed E-state index contributed by atoms with van der Waals surface area (Å²) in [4.78, 5) is 10.9. The van der Waals surface area contributed by atoms with Crippen molar-refractivity contribution < 1.29 is 0 Å². The predicted molar refractivity (Wildman–Crippen MR) is 70.2 cm³/mol. The largest absolute Gasteiger partial charge is 0.339 e. The van der Waals surface area contributed by atoms with Crippen LogP contribution in [-0.4, -0.2) is 35.1 Å². The zero-order valence-electron chi connectivity index (χ0n) is 10.8. The molecule has 1 aliphatic rings. The van der Waals surface area contributed by atoms with E-state index in [-0.39, 0.29) is 0 Å². The molecule has 4 heteroatoms. The van der Waals surface area contributed by atoms with Crippen LogP contribution in [0.25, 0.3) is 0 Å². The Kier molecular flexibility index (Phi) is 4.31. The maximum absolute atomic E-state index is 4.32. The molecule has 1 N–H and O–H groups in total. The van der Waals surface area contributed by atoms with E-state index in [4.69, 9.17) is 0 Å². The summed E-state index contributed by atoms with van der Waals surface area (Å²) in [5.74, 6) is 0.864. The van der Waals surface area contributed by atoms with Gasteiger partial charge in [-0.05, 0) is 32.3 Å². The second-order valence-corrected chi connectivity index (χ2v) is 4.81. The summed E-state index contributed by atoms with van der Waals surface area (Å²) in [5.41, 5.74) is 0. The van der Waals surface area contributed by atoms with Crippen molar-refractivity contribution in [2.45, 2.75) is 45.2 Å². The quantitative estimate of drug-likeness (QED) is 0.863. The minimum Gasteiger partial charge on any atom is -0.339 e. The molecule has 0 bridgehead atoms. The minimum absolute atomic E-state index is 0.572. The number of nitrogens with one attached hydrogen (secondary N) is 1. The van der Waals surface area contributed by atoms with Gasteiger partial charge in [0.15, 0.2) is 0 Å². The van der Waals surface area contributed by atoms with Crippen molar-refractivity contribution in [1.82, 2.24) is 15.3 Å². The number of aromatic nitrogens is 2.